The summed E-state index contributed by atoms with van der Waals surface area (Å²) in [6.07, 6.45) is 0.771. The molecule has 1 N–H and O–H groups in total. The van der Waals surface area contributed by atoms with Crippen molar-refractivity contribution in [3.05, 3.63) is 63.7 Å². The van der Waals surface area contributed by atoms with Crippen LogP contribution in [-0.2, 0) is 11.2 Å². The zero-order valence-corrected chi connectivity index (χ0v) is 13.0. The van der Waals surface area contributed by atoms with E-state index < -0.39 is 10.8 Å². The number of carbonyl (C=O) groups excluding carboxylic acids is 2. The van der Waals surface area contributed by atoms with E-state index in [2.05, 4.69) is 5.32 Å². The monoisotopic (exact) mass is 325 g/mol. The van der Waals surface area contributed by atoms with Gasteiger partial charge in [-0.05, 0) is 30.2 Å². The molecule has 122 valence electrons. The molecule has 0 bridgehead atoms. The van der Waals surface area contributed by atoms with E-state index in [4.69, 9.17) is 0 Å². The predicted molar refractivity (Wildman–Crippen MR) is 89.2 cm³/mol. The van der Waals surface area contributed by atoms with Gasteiger partial charge in [0.2, 0.25) is 5.91 Å². The number of nitrogens with one attached hydrogen (secondary N) is 1. The van der Waals surface area contributed by atoms with Gasteiger partial charge in [0.25, 0.3) is 11.6 Å². The van der Waals surface area contributed by atoms with Gasteiger partial charge in [0.05, 0.1) is 4.92 Å². The fraction of sp³-hybridized carbons (Fsp3) is 0.176. The molecule has 1 aliphatic rings. The number of nitro benzene ring substituents is 1. The van der Waals surface area contributed by atoms with Gasteiger partial charge in [0.1, 0.15) is 5.56 Å². The highest BCUT2D eigenvalue weighted by Crippen LogP contribution is 2.31. The van der Waals surface area contributed by atoms with E-state index in [0.29, 0.717) is 12.2 Å². The van der Waals surface area contributed by atoms with Crippen molar-refractivity contribution >= 4 is 28.9 Å². The minimum absolute atomic E-state index is 0.00794. The number of hydrogen-bond donors (Lipinski definition) is 1. The second kappa shape index (κ2) is 6.11. The van der Waals surface area contributed by atoms with E-state index in [9.17, 15) is 19.7 Å². The second-order valence-electron chi connectivity index (χ2n) is 5.49. The molecular formula is C17H15N3O4. The number of amides is 2. The Bertz CT molecular complexity index is 847. The van der Waals surface area contributed by atoms with Crippen LogP contribution < -0.4 is 10.2 Å². The Morgan fingerprint density at radius 2 is 1.96 bits per heavy atom. The maximum atomic E-state index is 12.4. The van der Waals surface area contributed by atoms with Crippen LogP contribution in [0.25, 0.3) is 0 Å². The lowest BCUT2D eigenvalue weighted by Gasteiger charge is -2.15. The molecule has 2 aromatic rings. The van der Waals surface area contributed by atoms with Gasteiger partial charge in [-0.1, -0.05) is 18.2 Å². The van der Waals surface area contributed by atoms with Crippen LogP contribution >= 0.6 is 0 Å². The molecule has 1 heterocycles. The molecule has 0 saturated carbocycles. The van der Waals surface area contributed by atoms with Crippen molar-refractivity contribution in [1.29, 1.82) is 0 Å². The van der Waals surface area contributed by atoms with Gasteiger partial charge in [0.15, 0.2) is 0 Å². The van der Waals surface area contributed by atoms with Crippen LogP contribution in [0, 0.1) is 10.1 Å². The summed E-state index contributed by atoms with van der Waals surface area (Å²) in [7, 11) is 0. The molecule has 3 rings (SSSR count). The van der Waals surface area contributed by atoms with Crippen LogP contribution in [0.5, 0.6) is 0 Å². The molecule has 2 aromatic carbocycles. The Labute approximate surface area is 138 Å². The number of fused-ring (bicyclic) bond motifs is 1. The molecule has 0 spiro atoms. The number of nitrogens with zero attached hydrogens (tertiary/aromatic N) is 2. The fourth-order valence-corrected chi connectivity index (χ4v) is 2.81. The Balaban J connectivity index is 1.88. The standard InChI is InChI=1S/C17H15N3O4/c1-11(21)19-9-8-12-6-7-13(10-16(12)19)18-17(22)14-4-2-3-5-15(14)20(23)24/h2-7,10H,8-9H2,1H3,(H,18,22). The highest BCUT2D eigenvalue weighted by molar-refractivity contribution is 6.07. The van der Waals surface area contributed by atoms with E-state index in [0.717, 1.165) is 17.7 Å². The number of benzene rings is 2. The summed E-state index contributed by atoms with van der Waals surface area (Å²) in [5, 5.41) is 13.7. The SMILES string of the molecule is CC(=O)N1CCc2ccc(NC(=O)c3ccccc3[N+](=O)[O-])cc21. The number of para-hydroxylation sites is 1. The molecule has 7 nitrogen and oxygen atoms in total. The predicted octanol–water partition coefficient (Wildman–Crippen LogP) is 2.76. The summed E-state index contributed by atoms with van der Waals surface area (Å²) in [5.41, 5.74) is 2.04. The molecule has 0 radical (unpaired) electrons. The van der Waals surface area contributed by atoms with Gasteiger partial charge in [-0.2, -0.15) is 0 Å². The van der Waals surface area contributed by atoms with Crippen LogP contribution in [0.3, 0.4) is 0 Å². The summed E-state index contributed by atoms with van der Waals surface area (Å²) in [6.45, 7) is 2.11. The third-order valence-corrected chi connectivity index (χ3v) is 3.96. The Morgan fingerprint density at radius 1 is 1.21 bits per heavy atom. The number of hydrogen-bond acceptors (Lipinski definition) is 4. The number of rotatable bonds is 3. The molecule has 7 heteroatoms. The zero-order chi connectivity index (χ0) is 17.3. The first kappa shape index (κ1) is 15.7. The van der Waals surface area contributed by atoms with Crippen LogP contribution in [0.2, 0.25) is 0 Å². The molecule has 0 aliphatic carbocycles. The van der Waals surface area contributed by atoms with Crippen LogP contribution in [0.4, 0.5) is 17.1 Å². The number of anilines is 2. The van der Waals surface area contributed by atoms with E-state index in [1.54, 1.807) is 23.1 Å². The topological polar surface area (TPSA) is 92.6 Å². The maximum absolute atomic E-state index is 12.4. The zero-order valence-electron chi connectivity index (χ0n) is 13.0. The lowest BCUT2D eigenvalue weighted by atomic mass is 10.1. The second-order valence-corrected chi connectivity index (χ2v) is 5.49. The number of carbonyl (C=O) groups is 2. The third kappa shape index (κ3) is 2.83. The molecular weight excluding hydrogens is 310 g/mol. The first-order valence-electron chi connectivity index (χ1n) is 7.43. The molecule has 0 saturated heterocycles. The van der Waals surface area contributed by atoms with Gasteiger partial charge < -0.3 is 10.2 Å². The minimum atomic E-state index is -0.588. The maximum Gasteiger partial charge on any atom is 0.282 e. The molecule has 2 amide bonds. The Kier molecular flexibility index (Phi) is 3.99. The van der Waals surface area contributed by atoms with Crippen LogP contribution in [0.1, 0.15) is 22.8 Å². The van der Waals surface area contributed by atoms with Gasteiger partial charge in [0, 0.05) is 30.9 Å². The summed E-state index contributed by atoms with van der Waals surface area (Å²) in [6, 6.07) is 11.1. The van der Waals surface area contributed by atoms with Gasteiger partial charge >= 0.3 is 0 Å². The summed E-state index contributed by atoms with van der Waals surface area (Å²) in [5.74, 6) is -0.620. The van der Waals surface area contributed by atoms with Crippen LogP contribution in [0.15, 0.2) is 42.5 Å². The van der Waals surface area contributed by atoms with E-state index in [-0.39, 0.29) is 17.2 Å². The lowest BCUT2D eigenvalue weighted by molar-refractivity contribution is -0.385. The average Bonchev–Trinajstić information content (AvgIpc) is 2.98. The van der Waals surface area contributed by atoms with Gasteiger partial charge in [-0.3, -0.25) is 19.7 Å². The molecule has 1 aliphatic heterocycles. The number of nitro groups is 1. The Hall–Kier alpha value is -3.22. The van der Waals surface area contributed by atoms with Crippen molar-refractivity contribution in [3.63, 3.8) is 0 Å². The first-order chi connectivity index (χ1) is 11.5. The van der Waals surface area contributed by atoms with E-state index >= 15 is 0 Å². The molecule has 0 unspecified atom stereocenters. The van der Waals surface area contributed by atoms with Crippen molar-refractivity contribution in [2.75, 3.05) is 16.8 Å². The van der Waals surface area contributed by atoms with Gasteiger partial charge in [-0.25, -0.2) is 0 Å². The van der Waals surface area contributed by atoms with Crippen molar-refractivity contribution in [3.8, 4) is 0 Å². The van der Waals surface area contributed by atoms with Crippen molar-refractivity contribution < 1.29 is 14.5 Å². The van der Waals surface area contributed by atoms with Crippen LogP contribution in [-0.4, -0.2) is 23.3 Å². The largest absolute Gasteiger partial charge is 0.322 e. The Morgan fingerprint density at radius 3 is 2.67 bits per heavy atom. The van der Waals surface area contributed by atoms with Crippen molar-refractivity contribution in [2.45, 2.75) is 13.3 Å². The van der Waals surface area contributed by atoms with Gasteiger partial charge in [-0.15, -0.1) is 0 Å². The minimum Gasteiger partial charge on any atom is -0.322 e. The quantitative estimate of drug-likeness (QED) is 0.693. The van der Waals surface area contributed by atoms with Crippen molar-refractivity contribution in [2.24, 2.45) is 0 Å². The molecule has 0 fully saturated rings. The molecule has 0 aromatic heterocycles. The van der Waals surface area contributed by atoms with E-state index in [1.165, 1.54) is 25.1 Å². The highest BCUT2D eigenvalue weighted by atomic mass is 16.6. The normalized spacial score (nSPS) is 12.6. The molecule has 0 atom stereocenters. The average molecular weight is 325 g/mol. The lowest BCUT2D eigenvalue weighted by Crippen LogP contribution is -2.25. The third-order valence-electron chi connectivity index (χ3n) is 3.96. The smallest absolute Gasteiger partial charge is 0.282 e. The summed E-state index contributed by atoms with van der Waals surface area (Å²) < 4.78 is 0. The summed E-state index contributed by atoms with van der Waals surface area (Å²) in [4.78, 5) is 36.1. The summed E-state index contributed by atoms with van der Waals surface area (Å²) >= 11 is 0. The first-order valence-corrected chi connectivity index (χ1v) is 7.43. The molecule has 24 heavy (non-hydrogen) atoms. The van der Waals surface area contributed by atoms with Crippen molar-refractivity contribution in [1.82, 2.24) is 0 Å². The fourth-order valence-electron chi connectivity index (χ4n) is 2.81. The van der Waals surface area contributed by atoms with E-state index in [1.807, 2.05) is 6.07 Å². The highest BCUT2D eigenvalue weighted by Gasteiger charge is 2.23.